The van der Waals surface area contributed by atoms with E-state index >= 15 is 0 Å². The number of benzene rings is 3. The van der Waals surface area contributed by atoms with Crippen LogP contribution in [0.5, 0.6) is 0 Å². The number of hydrogen-bond donors (Lipinski definition) is 0. The first kappa shape index (κ1) is 23.0. The Labute approximate surface area is 209 Å². The van der Waals surface area contributed by atoms with Crippen LogP contribution >= 0.6 is 34.8 Å². The predicted octanol–water partition coefficient (Wildman–Crippen LogP) is 6.39. The molecule has 2 heterocycles. The maximum atomic E-state index is 13.2. The van der Waals surface area contributed by atoms with Gasteiger partial charge in [0.2, 0.25) is 10.0 Å². The Morgan fingerprint density at radius 3 is 2.24 bits per heavy atom. The number of para-hydroxylation sites is 1. The molecule has 3 aromatic carbocycles. The van der Waals surface area contributed by atoms with E-state index in [1.54, 1.807) is 28.6 Å². The third kappa shape index (κ3) is 4.26. The van der Waals surface area contributed by atoms with E-state index in [0.717, 1.165) is 31.5 Å². The van der Waals surface area contributed by atoms with Gasteiger partial charge in [0, 0.05) is 42.3 Å². The summed E-state index contributed by atoms with van der Waals surface area (Å²) in [6.07, 6.45) is 1.55. The molecule has 0 bridgehead atoms. The van der Waals surface area contributed by atoms with E-state index in [4.69, 9.17) is 34.8 Å². The second-order valence-electron chi connectivity index (χ2n) is 8.76. The van der Waals surface area contributed by atoms with Crippen LogP contribution in [-0.2, 0) is 22.0 Å². The quantitative estimate of drug-likeness (QED) is 0.399. The van der Waals surface area contributed by atoms with Crippen LogP contribution in [0.15, 0.2) is 71.6 Å². The second kappa shape index (κ2) is 8.79. The van der Waals surface area contributed by atoms with E-state index in [2.05, 4.69) is 29.2 Å². The lowest BCUT2D eigenvalue weighted by atomic mass is 9.75. The fourth-order valence-corrected chi connectivity index (χ4v) is 6.96. The summed E-state index contributed by atoms with van der Waals surface area (Å²) in [5.41, 5.74) is 3.53. The predicted molar refractivity (Wildman–Crippen MR) is 135 cm³/mol. The van der Waals surface area contributed by atoms with Crippen molar-refractivity contribution in [3.8, 4) is 0 Å². The Balaban J connectivity index is 1.37. The molecule has 8 heteroatoms. The van der Waals surface area contributed by atoms with Crippen molar-refractivity contribution in [1.29, 1.82) is 0 Å². The zero-order valence-corrected chi connectivity index (χ0v) is 20.9. The maximum Gasteiger partial charge on any atom is 0.243 e. The Morgan fingerprint density at radius 2 is 1.55 bits per heavy atom. The molecule has 0 amide bonds. The molecule has 1 saturated heterocycles. The Bertz CT molecular complexity index is 1290. The van der Waals surface area contributed by atoms with Crippen LogP contribution in [0.2, 0.25) is 15.1 Å². The van der Waals surface area contributed by atoms with Gasteiger partial charge < -0.3 is 4.90 Å². The normalized spacial score (nSPS) is 18.0. The van der Waals surface area contributed by atoms with Crippen LogP contribution in [0.25, 0.3) is 0 Å². The SMILES string of the molecule is O=S(=O)(c1ccc(Cl)cc1)N1CCC2(CC1)CN(Cc1ccc(Cl)c(Cl)c1)c1ccccc12. The summed E-state index contributed by atoms with van der Waals surface area (Å²) in [5, 5.41) is 1.63. The standard InChI is InChI=1S/C25H23Cl3N2O2S/c26-19-6-8-20(9-7-19)33(31,32)30-13-11-25(12-14-30)17-29(24-4-2-1-3-21(24)25)16-18-5-10-22(27)23(28)15-18/h1-10,15H,11-14,16-17H2. The lowest BCUT2D eigenvalue weighted by Gasteiger charge is -2.39. The van der Waals surface area contributed by atoms with Crippen molar-refractivity contribution < 1.29 is 8.42 Å². The topological polar surface area (TPSA) is 40.6 Å². The van der Waals surface area contributed by atoms with E-state index < -0.39 is 10.0 Å². The third-order valence-corrected chi connectivity index (χ3v) is 9.70. The highest BCUT2D eigenvalue weighted by Gasteiger charge is 2.46. The molecule has 0 unspecified atom stereocenters. The van der Waals surface area contributed by atoms with Crippen LogP contribution < -0.4 is 4.90 Å². The minimum atomic E-state index is -3.54. The van der Waals surface area contributed by atoms with Gasteiger partial charge in [-0.05, 0) is 66.4 Å². The number of hydrogen-bond acceptors (Lipinski definition) is 3. The second-order valence-corrected chi connectivity index (χ2v) is 11.9. The van der Waals surface area contributed by atoms with Gasteiger partial charge in [0.15, 0.2) is 0 Å². The molecule has 5 rings (SSSR count). The summed E-state index contributed by atoms with van der Waals surface area (Å²) in [7, 11) is -3.54. The molecule has 1 spiro atoms. The van der Waals surface area contributed by atoms with Crippen molar-refractivity contribution >= 4 is 50.5 Å². The van der Waals surface area contributed by atoms with Crippen molar-refractivity contribution in [2.24, 2.45) is 0 Å². The van der Waals surface area contributed by atoms with Crippen molar-refractivity contribution in [3.05, 3.63) is 92.9 Å². The molecule has 4 nitrogen and oxygen atoms in total. The highest BCUT2D eigenvalue weighted by Crippen LogP contribution is 2.48. The summed E-state index contributed by atoms with van der Waals surface area (Å²) in [6, 6.07) is 20.6. The van der Waals surface area contributed by atoms with Gasteiger partial charge in [0.1, 0.15) is 0 Å². The smallest absolute Gasteiger partial charge is 0.243 e. The summed E-state index contributed by atoms with van der Waals surface area (Å²) < 4.78 is 27.9. The first-order chi connectivity index (χ1) is 15.8. The van der Waals surface area contributed by atoms with Gasteiger partial charge in [0.25, 0.3) is 0 Å². The van der Waals surface area contributed by atoms with Crippen LogP contribution in [0.3, 0.4) is 0 Å². The van der Waals surface area contributed by atoms with Crippen molar-refractivity contribution in [3.63, 3.8) is 0 Å². The average Bonchev–Trinajstić information content (AvgIpc) is 3.10. The molecule has 0 N–H and O–H groups in total. The van der Waals surface area contributed by atoms with Crippen molar-refractivity contribution in [2.45, 2.75) is 29.7 Å². The van der Waals surface area contributed by atoms with Gasteiger partial charge in [-0.2, -0.15) is 4.31 Å². The molecule has 0 atom stereocenters. The number of nitrogens with zero attached hydrogens (tertiary/aromatic N) is 2. The molecule has 0 radical (unpaired) electrons. The average molecular weight is 522 g/mol. The molecule has 0 aliphatic carbocycles. The number of anilines is 1. The minimum Gasteiger partial charge on any atom is -0.366 e. The summed E-state index contributed by atoms with van der Waals surface area (Å²) >= 11 is 18.3. The first-order valence-corrected chi connectivity index (χ1v) is 13.4. The minimum absolute atomic E-state index is 0.0706. The highest BCUT2D eigenvalue weighted by molar-refractivity contribution is 7.89. The molecule has 1 fully saturated rings. The van der Waals surface area contributed by atoms with Gasteiger partial charge in [-0.1, -0.05) is 59.1 Å². The maximum absolute atomic E-state index is 13.2. The molecule has 2 aliphatic heterocycles. The molecule has 2 aliphatic rings. The molecule has 33 heavy (non-hydrogen) atoms. The fourth-order valence-electron chi connectivity index (χ4n) is 5.07. The Kier molecular flexibility index (Phi) is 6.13. The lowest BCUT2D eigenvalue weighted by Crippen LogP contribution is -2.47. The van der Waals surface area contributed by atoms with E-state index in [-0.39, 0.29) is 10.3 Å². The van der Waals surface area contributed by atoms with Gasteiger partial charge in [-0.15, -0.1) is 0 Å². The zero-order valence-electron chi connectivity index (χ0n) is 17.8. The van der Waals surface area contributed by atoms with Crippen molar-refractivity contribution in [2.75, 3.05) is 24.5 Å². The fraction of sp³-hybridized carbons (Fsp3) is 0.280. The van der Waals surface area contributed by atoms with Gasteiger partial charge in [0.05, 0.1) is 14.9 Å². The molecular weight excluding hydrogens is 499 g/mol. The Hall–Kier alpha value is -1.76. The largest absolute Gasteiger partial charge is 0.366 e. The van der Waals surface area contributed by atoms with Gasteiger partial charge >= 0.3 is 0 Å². The lowest BCUT2D eigenvalue weighted by molar-refractivity contribution is 0.244. The summed E-state index contributed by atoms with van der Waals surface area (Å²) in [6.45, 7) is 2.55. The van der Waals surface area contributed by atoms with E-state index in [0.29, 0.717) is 28.2 Å². The highest BCUT2D eigenvalue weighted by atomic mass is 35.5. The monoisotopic (exact) mass is 520 g/mol. The number of rotatable bonds is 4. The summed E-state index contributed by atoms with van der Waals surface area (Å²) in [5.74, 6) is 0. The number of piperidine rings is 1. The van der Waals surface area contributed by atoms with Crippen LogP contribution in [0.1, 0.15) is 24.0 Å². The molecule has 0 saturated carbocycles. The van der Waals surface area contributed by atoms with E-state index in [9.17, 15) is 8.42 Å². The van der Waals surface area contributed by atoms with Gasteiger partial charge in [-0.25, -0.2) is 8.42 Å². The molecule has 3 aromatic rings. The number of fused-ring (bicyclic) bond motifs is 2. The van der Waals surface area contributed by atoms with E-state index in [1.165, 1.54) is 11.3 Å². The van der Waals surface area contributed by atoms with Crippen LogP contribution in [0.4, 0.5) is 5.69 Å². The molecule has 172 valence electrons. The zero-order chi connectivity index (χ0) is 23.2. The van der Waals surface area contributed by atoms with Crippen LogP contribution in [0, 0.1) is 0 Å². The Morgan fingerprint density at radius 1 is 0.848 bits per heavy atom. The first-order valence-electron chi connectivity index (χ1n) is 10.8. The third-order valence-electron chi connectivity index (χ3n) is 6.80. The molecular formula is C25H23Cl3N2O2S. The van der Waals surface area contributed by atoms with E-state index in [1.807, 2.05) is 18.2 Å². The number of halogens is 3. The molecule has 0 aromatic heterocycles. The number of sulfonamides is 1. The van der Waals surface area contributed by atoms with Gasteiger partial charge in [-0.3, -0.25) is 0 Å². The van der Waals surface area contributed by atoms with Crippen molar-refractivity contribution in [1.82, 2.24) is 4.31 Å². The summed E-state index contributed by atoms with van der Waals surface area (Å²) in [4.78, 5) is 2.66. The van der Waals surface area contributed by atoms with Crippen LogP contribution in [-0.4, -0.2) is 32.4 Å².